The SMILES string of the molecule is N#CCC(=O)NC(Cc1c[nH]cn1)C(=O)O. The highest BCUT2D eigenvalue weighted by Gasteiger charge is 2.20. The molecule has 0 aromatic carbocycles. The minimum Gasteiger partial charge on any atom is -0.480 e. The van der Waals surface area contributed by atoms with Gasteiger partial charge in [-0.2, -0.15) is 5.26 Å². The highest BCUT2D eigenvalue weighted by molar-refractivity contribution is 5.84. The number of nitriles is 1. The Bertz CT molecular complexity index is 407. The van der Waals surface area contributed by atoms with Gasteiger partial charge in [0.1, 0.15) is 12.5 Å². The Morgan fingerprint density at radius 1 is 1.69 bits per heavy atom. The van der Waals surface area contributed by atoms with Crippen LogP contribution in [0.15, 0.2) is 12.5 Å². The number of nitrogens with one attached hydrogen (secondary N) is 2. The largest absolute Gasteiger partial charge is 0.480 e. The third kappa shape index (κ3) is 3.42. The lowest BCUT2D eigenvalue weighted by atomic mass is 10.1. The van der Waals surface area contributed by atoms with Crippen molar-refractivity contribution in [1.29, 1.82) is 5.26 Å². The zero-order valence-corrected chi connectivity index (χ0v) is 8.30. The maximum Gasteiger partial charge on any atom is 0.326 e. The van der Waals surface area contributed by atoms with E-state index >= 15 is 0 Å². The summed E-state index contributed by atoms with van der Waals surface area (Å²) in [4.78, 5) is 28.4. The van der Waals surface area contributed by atoms with Gasteiger partial charge in [0.2, 0.25) is 5.91 Å². The third-order valence-corrected chi connectivity index (χ3v) is 1.84. The van der Waals surface area contributed by atoms with E-state index in [1.165, 1.54) is 6.33 Å². The number of hydrogen-bond acceptors (Lipinski definition) is 4. The molecule has 16 heavy (non-hydrogen) atoms. The lowest BCUT2D eigenvalue weighted by molar-refractivity contribution is -0.141. The number of aromatic amines is 1. The molecule has 0 bridgehead atoms. The number of carbonyl (C=O) groups excluding carboxylic acids is 1. The molecule has 1 amide bonds. The molecule has 3 N–H and O–H groups in total. The Balaban J connectivity index is 2.59. The number of imidazole rings is 1. The van der Waals surface area contributed by atoms with E-state index < -0.39 is 17.9 Å². The van der Waals surface area contributed by atoms with Crippen LogP contribution in [0.25, 0.3) is 0 Å². The van der Waals surface area contributed by atoms with Crippen molar-refractivity contribution < 1.29 is 14.7 Å². The molecule has 0 aliphatic carbocycles. The number of hydrogen-bond donors (Lipinski definition) is 3. The van der Waals surface area contributed by atoms with Crippen LogP contribution >= 0.6 is 0 Å². The molecule has 7 nitrogen and oxygen atoms in total. The standard InChI is InChI=1S/C9H10N4O3/c10-2-1-8(14)13-7(9(15)16)3-6-4-11-5-12-6/h4-5,7H,1,3H2,(H,11,12)(H,13,14)(H,15,16). The minimum absolute atomic E-state index is 0.0794. The molecule has 0 saturated heterocycles. The predicted octanol–water partition coefficient (Wildman–Crippen LogP) is -0.565. The Hall–Kier alpha value is -2.36. The first-order chi connectivity index (χ1) is 7.63. The fourth-order valence-corrected chi connectivity index (χ4v) is 1.13. The monoisotopic (exact) mass is 222 g/mol. The molecule has 0 fully saturated rings. The molecule has 0 saturated carbocycles. The van der Waals surface area contributed by atoms with Gasteiger partial charge in [-0.1, -0.05) is 0 Å². The maximum atomic E-state index is 11.1. The number of carbonyl (C=O) groups is 2. The zero-order valence-electron chi connectivity index (χ0n) is 8.30. The molecule has 7 heteroatoms. The second-order valence-corrected chi connectivity index (χ2v) is 3.06. The van der Waals surface area contributed by atoms with Crippen molar-refractivity contribution in [2.45, 2.75) is 18.9 Å². The molecular weight excluding hydrogens is 212 g/mol. The van der Waals surface area contributed by atoms with E-state index in [0.29, 0.717) is 5.69 Å². The maximum absolute atomic E-state index is 11.1. The number of H-pyrrole nitrogens is 1. The number of aromatic nitrogens is 2. The number of carboxylic acid groups (broad SMARTS) is 1. The molecule has 1 unspecified atom stereocenters. The van der Waals surface area contributed by atoms with Crippen LogP contribution in [0.3, 0.4) is 0 Å². The van der Waals surface area contributed by atoms with E-state index in [0.717, 1.165) is 0 Å². The second kappa shape index (κ2) is 5.50. The first-order valence-electron chi connectivity index (χ1n) is 4.50. The summed E-state index contributed by atoms with van der Waals surface area (Å²) in [7, 11) is 0. The highest BCUT2D eigenvalue weighted by Crippen LogP contribution is 1.99. The topological polar surface area (TPSA) is 119 Å². The van der Waals surface area contributed by atoms with E-state index in [1.54, 1.807) is 12.3 Å². The van der Waals surface area contributed by atoms with Gasteiger partial charge < -0.3 is 15.4 Å². The lowest BCUT2D eigenvalue weighted by Crippen LogP contribution is -2.42. The van der Waals surface area contributed by atoms with Crippen LogP contribution in [0.5, 0.6) is 0 Å². The average Bonchev–Trinajstić information content (AvgIpc) is 2.69. The van der Waals surface area contributed by atoms with Gasteiger partial charge >= 0.3 is 5.97 Å². The summed E-state index contributed by atoms with van der Waals surface area (Å²) in [6, 6.07) is 0.578. The Kier molecular flexibility index (Phi) is 4.03. The number of rotatable bonds is 5. The van der Waals surface area contributed by atoms with Crippen LogP contribution in [-0.4, -0.2) is 33.0 Å². The van der Waals surface area contributed by atoms with Crippen LogP contribution < -0.4 is 5.32 Å². The van der Waals surface area contributed by atoms with Gasteiger partial charge in [0, 0.05) is 12.6 Å². The van der Waals surface area contributed by atoms with Gasteiger partial charge in [0.25, 0.3) is 0 Å². The van der Waals surface area contributed by atoms with Gasteiger partial charge in [-0.15, -0.1) is 0 Å². The van der Waals surface area contributed by atoms with Crippen LogP contribution in [0.1, 0.15) is 12.1 Å². The van der Waals surface area contributed by atoms with E-state index in [4.69, 9.17) is 10.4 Å². The van der Waals surface area contributed by atoms with Crippen LogP contribution in [0.2, 0.25) is 0 Å². The quantitative estimate of drug-likeness (QED) is 0.616. The summed E-state index contributed by atoms with van der Waals surface area (Å²) in [5.41, 5.74) is 0.532. The second-order valence-electron chi connectivity index (χ2n) is 3.06. The number of amides is 1. The number of carboxylic acids is 1. The van der Waals surface area contributed by atoms with Gasteiger partial charge in [0.15, 0.2) is 0 Å². The summed E-state index contributed by atoms with van der Waals surface area (Å²) >= 11 is 0. The van der Waals surface area contributed by atoms with Crippen molar-refractivity contribution in [2.75, 3.05) is 0 Å². The number of nitrogens with zero attached hydrogens (tertiary/aromatic N) is 2. The van der Waals surface area contributed by atoms with E-state index in [1.807, 2.05) is 0 Å². The fourth-order valence-electron chi connectivity index (χ4n) is 1.13. The van der Waals surface area contributed by atoms with Crippen LogP contribution in [-0.2, 0) is 16.0 Å². The predicted molar refractivity (Wildman–Crippen MR) is 52.1 cm³/mol. The van der Waals surface area contributed by atoms with Gasteiger partial charge in [0.05, 0.1) is 18.1 Å². The molecule has 0 radical (unpaired) electrons. The molecule has 1 heterocycles. The van der Waals surface area contributed by atoms with E-state index in [9.17, 15) is 9.59 Å². The molecule has 1 aromatic rings. The van der Waals surface area contributed by atoms with Gasteiger partial charge in [-0.25, -0.2) is 9.78 Å². The highest BCUT2D eigenvalue weighted by atomic mass is 16.4. The Morgan fingerprint density at radius 2 is 2.44 bits per heavy atom. The lowest BCUT2D eigenvalue weighted by Gasteiger charge is -2.11. The molecule has 1 atom stereocenters. The smallest absolute Gasteiger partial charge is 0.326 e. The number of aliphatic carboxylic acids is 1. The van der Waals surface area contributed by atoms with Crippen molar-refractivity contribution in [1.82, 2.24) is 15.3 Å². The molecule has 1 aromatic heterocycles. The minimum atomic E-state index is -1.16. The van der Waals surface area contributed by atoms with Gasteiger partial charge in [-0.05, 0) is 0 Å². The van der Waals surface area contributed by atoms with Crippen molar-refractivity contribution >= 4 is 11.9 Å². The Labute approximate surface area is 91.1 Å². The fraction of sp³-hybridized carbons (Fsp3) is 0.333. The van der Waals surface area contributed by atoms with E-state index in [2.05, 4.69) is 15.3 Å². The molecule has 0 spiro atoms. The van der Waals surface area contributed by atoms with Crippen molar-refractivity contribution in [3.05, 3.63) is 18.2 Å². The molecular formula is C9H10N4O3. The zero-order chi connectivity index (χ0) is 12.0. The molecule has 1 rings (SSSR count). The first-order valence-corrected chi connectivity index (χ1v) is 4.50. The summed E-state index contributed by atoms with van der Waals surface area (Å²) < 4.78 is 0. The van der Waals surface area contributed by atoms with Gasteiger partial charge in [-0.3, -0.25) is 4.79 Å². The average molecular weight is 222 g/mol. The first kappa shape index (κ1) is 11.7. The summed E-state index contributed by atoms with van der Waals surface area (Å²) in [6.07, 6.45) is 2.69. The summed E-state index contributed by atoms with van der Waals surface area (Å²) in [6.45, 7) is 0. The van der Waals surface area contributed by atoms with Crippen LogP contribution in [0.4, 0.5) is 0 Å². The summed E-state index contributed by atoms with van der Waals surface area (Å²) in [5, 5.41) is 19.4. The molecule has 0 aliphatic rings. The molecule has 0 aliphatic heterocycles. The van der Waals surface area contributed by atoms with Crippen molar-refractivity contribution in [2.24, 2.45) is 0 Å². The molecule has 84 valence electrons. The summed E-state index contributed by atoms with van der Waals surface area (Å²) in [5.74, 6) is -1.76. The van der Waals surface area contributed by atoms with Crippen LogP contribution in [0, 0.1) is 11.3 Å². The third-order valence-electron chi connectivity index (χ3n) is 1.84. The Morgan fingerprint density at radius 3 is 2.94 bits per heavy atom. The van der Waals surface area contributed by atoms with Crippen molar-refractivity contribution in [3.8, 4) is 6.07 Å². The van der Waals surface area contributed by atoms with Crippen molar-refractivity contribution in [3.63, 3.8) is 0 Å². The normalized spacial score (nSPS) is 11.4. The van der Waals surface area contributed by atoms with E-state index in [-0.39, 0.29) is 12.8 Å².